The van der Waals surface area contributed by atoms with Crippen LogP contribution >= 0.6 is 0 Å². The van der Waals surface area contributed by atoms with Gasteiger partial charge in [0.2, 0.25) is 0 Å². The van der Waals surface area contributed by atoms with Crippen LogP contribution in [0.3, 0.4) is 0 Å². The highest BCUT2D eigenvalue weighted by atomic mass is 16.5. The zero-order valence-corrected chi connectivity index (χ0v) is 11.7. The van der Waals surface area contributed by atoms with Crippen LogP contribution in [0.1, 0.15) is 23.1 Å². The van der Waals surface area contributed by atoms with E-state index in [4.69, 9.17) is 11.3 Å². The number of rotatable bonds is 3. The van der Waals surface area contributed by atoms with E-state index in [-0.39, 0.29) is 6.10 Å². The van der Waals surface area contributed by atoms with Gasteiger partial charge in [-0.05, 0) is 48.1 Å². The number of nitrogens with zero attached hydrogens (tertiary/aromatic N) is 1. The van der Waals surface area contributed by atoms with Crippen molar-refractivity contribution in [3.8, 4) is 5.75 Å². The molecule has 0 aromatic heterocycles. The van der Waals surface area contributed by atoms with Crippen LogP contribution in [0.5, 0.6) is 5.75 Å². The molecule has 0 amide bonds. The molecule has 3 heteroatoms. The van der Waals surface area contributed by atoms with Gasteiger partial charge < -0.3 is 9.84 Å². The molecule has 0 heterocycles. The lowest BCUT2D eigenvalue weighted by Gasteiger charge is -2.21. The first-order valence-corrected chi connectivity index (χ1v) is 7.13. The van der Waals surface area contributed by atoms with Crippen molar-refractivity contribution in [2.75, 3.05) is 0 Å². The Morgan fingerprint density at radius 1 is 1.14 bits per heavy atom. The van der Waals surface area contributed by atoms with Crippen molar-refractivity contribution in [2.24, 2.45) is 0 Å². The first kappa shape index (κ1) is 13.7. The van der Waals surface area contributed by atoms with E-state index < -0.39 is 0 Å². The standard InChI is InChI=1S/C18H17NO2/c1-19-16-6-2-13(3-7-16)12-21-18-9-5-14-10-17(20)8-4-15(14)11-18/h2-3,5-7,9,11,17,20H,4,8,10,12H2. The summed E-state index contributed by atoms with van der Waals surface area (Å²) in [7, 11) is 0. The Labute approximate surface area is 124 Å². The Kier molecular flexibility index (Phi) is 3.89. The van der Waals surface area contributed by atoms with E-state index in [1.54, 1.807) is 12.1 Å². The molecule has 1 atom stereocenters. The van der Waals surface area contributed by atoms with E-state index in [1.807, 2.05) is 18.2 Å². The molecule has 1 aliphatic carbocycles. The highest BCUT2D eigenvalue weighted by molar-refractivity contribution is 5.45. The van der Waals surface area contributed by atoms with Crippen molar-refractivity contribution in [2.45, 2.75) is 32.0 Å². The summed E-state index contributed by atoms with van der Waals surface area (Å²) in [5.41, 5.74) is 4.20. The fraction of sp³-hybridized carbons (Fsp3) is 0.278. The Morgan fingerprint density at radius 3 is 2.71 bits per heavy atom. The third kappa shape index (κ3) is 3.24. The van der Waals surface area contributed by atoms with Crippen LogP contribution in [0.2, 0.25) is 0 Å². The summed E-state index contributed by atoms with van der Waals surface area (Å²) in [6, 6.07) is 13.5. The summed E-state index contributed by atoms with van der Waals surface area (Å²) in [4.78, 5) is 3.37. The van der Waals surface area contributed by atoms with Gasteiger partial charge in [0, 0.05) is 0 Å². The maximum absolute atomic E-state index is 9.67. The van der Waals surface area contributed by atoms with E-state index in [1.165, 1.54) is 11.1 Å². The maximum atomic E-state index is 9.67. The predicted octanol–water partition coefficient (Wildman–Crippen LogP) is 3.67. The lowest BCUT2D eigenvalue weighted by Crippen LogP contribution is -2.18. The SMILES string of the molecule is [C-]#[N+]c1ccc(COc2ccc3c(c2)CCC(O)C3)cc1. The smallest absolute Gasteiger partial charge is 0.187 e. The molecule has 106 valence electrons. The minimum atomic E-state index is -0.203. The monoisotopic (exact) mass is 279 g/mol. The van der Waals surface area contributed by atoms with Crippen molar-refractivity contribution in [1.82, 2.24) is 0 Å². The van der Waals surface area contributed by atoms with E-state index in [2.05, 4.69) is 17.0 Å². The molecule has 0 fully saturated rings. The number of hydrogen-bond acceptors (Lipinski definition) is 2. The Balaban J connectivity index is 1.66. The van der Waals surface area contributed by atoms with E-state index >= 15 is 0 Å². The minimum Gasteiger partial charge on any atom is -0.489 e. The van der Waals surface area contributed by atoms with Crippen molar-refractivity contribution in [1.29, 1.82) is 0 Å². The van der Waals surface area contributed by atoms with Gasteiger partial charge >= 0.3 is 0 Å². The Hall–Kier alpha value is -2.31. The molecule has 1 unspecified atom stereocenters. The number of ether oxygens (including phenoxy) is 1. The summed E-state index contributed by atoms with van der Waals surface area (Å²) in [5, 5.41) is 9.67. The van der Waals surface area contributed by atoms with Gasteiger partial charge in [0.25, 0.3) is 0 Å². The van der Waals surface area contributed by atoms with Gasteiger partial charge in [-0.3, -0.25) is 0 Å². The van der Waals surface area contributed by atoms with Crippen LogP contribution in [-0.4, -0.2) is 11.2 Å². The van der Waals surface area contributed by atoms with Gasteiger partial charge in [0.05, 0.1) is 12.7 Å². The number of fused-ring (bicyclic) bond motifs is 1. The third-order valence-electron chi connectivity index (χ3n) is 3.85. The van der Waals surface area contributed by atoms with Gasteiger partial charge in [0.15, 0.2) is 5.69 Å². The normalized spacial score (nSPS) is 16.9. The summed E-state index contributed by atoms with van der Waals surface area (Å²) in [6.45, 7) is 7.43. The second-order valence-corrected chi connectivity index (χ2v) is 5.39. The lowest BCUT2D eigenvalue weighted by atomic mass is 9.90. The topological polar surface area (TPSA) is 33.8 Å². The van der Waals surface area contributed by atoms with Crippen LogP contribution in [-0.2, 0) is 19.4 Å². The fourth-order valence-corrected chi connectivity index (χ4v) is 2.64. The molecule has 0 bridgehead atoms. The largest absolute Gasteiger partial charge is 0.489 e. The second kappa shape index (κ2) is 5.99. The third-order valence-corrected chi connectivity index (χ3v) is 3.85. The second-order valence-electron chi connectivity index (χ2n) is 5.39. The summed E-state index contributed by atoms with van der Waals surface area (Å²) >= 11 is 0. The van der Waals surface area contributed by atoms with Crippen molar-refractivity contribution < 1.29 is 9.84 Å². The molecule has 3 rings (SSSR count). The van der Waals surface area contributed by atoms with Crippen molar-refractivity contribution in [3.63, 3.8) is 0 Å². The van der Waals surface area contributed by atoms with E-state index in [0.29, 0.717) is 12.3 Å². The molecule has 21 heavy (non-hydrogen) atoms. The molecular formula is C18H17NO2. The molecule has 0 saturated carbocycles. The predicted molar refractivity (Wildman–Crippen MR) is 81.5 cm³/mol. The number of aryl methyl sites for hydroxylation is 1. The fourth-order valence-electron chi connectivity index (χ4n) is 2.64. The molecule has 2 aromatic carbocycles. The van der Waals surface area contributed by atoms with Crippen LogP contribution < -0.4 is 4.74 Å². The summed E-state index contributed by atoms with van der Waals surface area (Å²) in [5.74, 6) is 0.861. The van der Waals surface area contributed by atoms with Crippen molar-refractivity contribution >= 4 is 5.69 Å². The molecular weight excluding hydrogens is 262 g/mol. The van der Waals surface area contributed by atoms with Crippen LogP contribution in [0.25, 0.3) is 4.85 Å². The molecule has 0 spiro atoms. The van der Waals surface area contributed by atoms with Crippen LogP contribution in [0, 0.1) is 6.57 Å². The van der Waals surface area contributed by atoms with Crippen LogP contribution in [0.4, 0.5) is 5.69 Å². The average molecular weight is 279 g/mol. The quantitative estimate of drug-likeness (QED) is 0.870. The van der Waals surface area contributed by atoms with Crippen LogP contribution in [0.15, 0.2) is 42.5 Å². The van der Waals surface area contributed by atoms with Gasteiger partial charge in [-0.25, -0.2) is 4.85 Å². The Bertz CT molecular complexity index is 671. The van der Waals surface area contributed by atoms with Crippen molar-refractivity contribution in [3.05, 3.63) is 70.6 Å². The molecule has 0 radical (unpaired) electrons. The molecule has 1 aliphatic rings. The summed E-state index contributed by atoms with van der Waals surface area (Å²) in [6.07, 6.45) is 2.28. The first-order chi connectivity index (χ1) is 10.2. The molecule has 1 N–H and O–H groups in total. The van der Waals surface area contributed by atoms with Gasteiger partial charge in [-0.15, -0.1) is 0 Å². The average Bonchev–Trinajstić information content (AvgIpc) is 2.53. The number of aliphatic hydroxyl groups excluding tert-OH is 1. The van der Waals surface area contributed by atoms with Gasteiger partial charge in [-0.1, -0.05) is 30.3 Å². The van der Waals surface area contributed by atoms with Gasteiger partial charge in [0.1, 0.15) is 12.4 Å². The molecule has 0 aliphatic heterocycles. The molecule has 3 nitrogen and oxygen atoms in total. The minimum absolute atomic E-state index is 0.203. The molecule has 2 aromatic rings. The number of hydrogen-bond donors (Lipinski definition) is 1. The van der Waals surface area contributed by atoms with E-state index in [9.17, 15) is 5.11 Å². The molecule has 0 saturated heterocycles. The Morgan fingerprint density at radius 2 is 1.95 bits per heavy atom. The zero-order valence-electron chi connectivity index (χ0n) is 11.7. The highest BCUT2D eigenvalue weighted by Crippen LogP contribution is 2.26. The number of aliphatic hydroxyl groups is 1. The number of benzene rings is 2. The highest BCUT2D eigenvalue weighted by Gasteiger charge is 2.16. The summed E-state index contributed by atoms with van der Waals surface area (Å²) < 4.78 is 5.82. The lowest BCUT2D eigenvalue weighted by molar-refractivity contribution is 0.158. The zero-order chi connectivity index (χ0) is 14.7. The van der Waals surface area contributed by atoms with E-state index in [0.717, 1.165) is 30.6 Å². The first-order valence-electron chi connectivity index (χ1n) is 7.13. The van der Waals surface area contributed by atoms with Gasteiger partial charge in [-0.2, -0.15) is 0 Å². The maximum Gasteiger partial charge on any atom is 0.187 e.